The number of rotatable bonds is 11. The number of carbonyl (C=O) groups is 2. The van der Waals surface area contributed by atoms with Crippen LogP contribution in [0.4, 0.5) is 4.79 Å². The van der Waals surface area contributed by atoms with Crippen LogP contribution in [0.5, 0.6) is 17.2 Å². The van der Waals surface area contributed by atoms with Crippen molar-refractivity contribution in [2.45, 2.75) is 18.6 Å². The number of ether oxygens (including phenoxy) is 3. The molecule has 1 heterocycles. The molecular weight excluding hydrogens is 492 g/mol. The summed E-state index contributed by atoms with van der Waals surface area (Å²) in [6, 6.07) is 21.2. The highest BCUT2D eigenvalue weighted by Crippen LogP contribution is 2.33. The predicted molar refractivity (Wildman–Crippen MR) is 144 cm³/mol. The van der Waals surface area contributed by atoms with Crippen molar-refractivity contribution in [3.63, 3.8) is 0 Å². The molecule has 4 rings (SSSR count). The van der Waals surface area contributed by atoms with Crippen LogP contribution in [0.3, 0.4) is 0 Å². The molecule has 0 aliphatic carbocycles. The lowest BCUT2D eigenvalue weighted by Gasteiger charge is -2.11. The Morgan fingerprint density at radius 3 is 2.30 bits per heavy atom. The first kappa shape index (κ1) is 26.1. The van der Waals surface area contributed by atoms with E-state index in [0.29, 0.717) is 25.4 Å². The largest absolute Gasteiger partial charge is 0.497 e. The van der Waals surface area contributed by atoms with Crippen LogP contribution in [0, 0.1) is 0 Å². The second-order valence-corrected chi connectivity index (χ2v) is 9.41. The van der Waals surface area contributed by atoms with E-state index in [1.165, 1.54) is 0 Å². The van der Waals surface area contributed by atoms with E-state index in [0.717, 1.165) is 51.2 Å². The fraction of sp³-hybridized carbons (Fsp3) is 0.250. The maximum absolute atomic E-state index is 11.7. The molecule has 1 N–H and O–H groups in total. The zero-order chi connectivity index (χ0) is 26.2. The standard InChI is InChI=1S/C28H28N2O6S/c1-18(20-6-8-21(9-7-20)24-13-12-23(33-2)17-25(24)34-3)30-36-15-14-35-22-10-4-19(5-11-22)16-26-27(31)29-28(32)37-26/h4-13,17,26H,14-16H2,1-3H3,(H,29,31,32). The Bertz CT molecular complexity index is 1270. The van der Waals surface area contributed by atoms with Crippen LogP contribution in [0.2, 0.25) is 0 Å². The molecule has 1 aliphatic heterocycles. The van der Waals surface area contributed by atoms with Crippen LogP contribution in [0.1, 0.15) is 18.1 Å². The van der Waals surface area contributed by atoms with Crippen LogP contribution in [-0.4, -0.2) is 49.5 Å². The van der Waals surface area contributed by atoms with Gasteiger partial charge in [-0.1, -0.05) is 53.3 Å². The van der Waals surface area contributed by atoms with Gasteiger partial charge in [0.15, 0.2) is 6.61 Å². The Hall–Kier alpha value is -3.98. The van der Waals surface area contributed by atoms with Crippen molar-refractivity contribution in [1.82, 2.24) is 5.32 Å². The van der Waals surface area contributed by atoms with Gasteiger partial charge in [0.25, 0.3) is 5.24 Å². The molecule has 2 amide bonds. The summed E-state index contributed by atoms with van der Waals surface area (Å²) in [4.78, 5) is 28.4. The molecule has 192 valence electrons. The zero-order valence-electron chi connectivity index (χ0n) is 20.9. The molecule has 0 saturated carbocycles. The molecule has 0 radical (unpaired) electrons. The van der Waals surface area contributed by atoms with Crippen molar-refractivity contribution in [3.05, 3.63) is 77.9 Å². The fourth-order valence-corrected chi connectivity index (χ4v) is 4.64. The number of methoxy groups -OCH3 is 2. The summed E-state index contributed by atoms with van der Waals surface area (Å²) in [7, 11) is 3.27. The monoisotopic (exact) mass is 520 g/mol. The lowest BCUT2D eigenvalue weighted by atomic mass is 10.0. The van der Waals surface area contributed by atoms with Gasteiger partial charge in [-0.25, -0.2) is 0 Å². The number of amides is 2. The lowest BCUT2D eigenvalue weighted by molar-refractivity contribution is -0.118. The highest BCUT2D eigenvalue weighted by Gasteiger charge is 2.31. The first-order valence-electron chi connectivity index (χ1n) is 11.7. The number of imide groups is 1. The van der Waals surface area contributed by atoms with Gasteiger partial charge in [0.05, 0.1) is 25.2 Å². The number of hydrogen-bond donors (Lipinski definition) is 1. The SMILES string of the molecule is COc1ccc(-c2ccc(C(C)=NOCCOc3ccc(CC4SC(=O)NC4=O)cc3)cc2)c(OC)c1. The summed E-state index contributed by atoms with van der Waals surface area (Å²) in [6.45, 7) is 2.52. The maximum Gasteiger partial charge on any atom is 0.286 e. The third-order valence-electron chi connectivity index (χ3n) is 5.78. The van der Waals surface area contributed by atoms with Gasteiger partial charge in [0.2, 0.25) is 5.91 Å². The number of benzene rings is 3. The van der Waals surface area contributed by atoms with Gasteiger partial charge >= 0.3 is 0 Å². The van der Waals surface area contributed by atoms with Crippen LogP contribution in [-0.2, 0) is 16.1 Å². The molecular formula is C28H28N2O6S. The Morgan fingerprint density at radius 1 is 0.919 bits per heavy atom. The number of hydrogen-bond acceptors (Lipinski definition) is 8. The molecule has 0 spiro atoms. The molecule has 3 aromatic carbocycles. The van der Waals surface area contributed by atoms with E-state index >= 15 is 0 Å². The van der Waals surface area contributed by atoms with Gasteiger partial charge < -0.3 is 19.0 Å². The van der Waals surface area contributed by atoms with Crippen molar-refractivity contribution in [2.75, 3.05) is 27.4 Å². The smallest absolute Gasteiger partial charge is 0.286 e. The average molecular weight is 521 g/mol. The number of thioether (sulfide) groups is 1. The third kappa shape index (κ3) is 6.83. The highest BCUT2D eigenvalue weighted by atomic mass is 32.2. The number of carbonyl (C=O) groups excluding carboxylic acids is 2. The van der Waals surface area contributed by atoms with E-state index in [2.05, 4.69) is 10.5 Å². The summed E-state index contributed by atoms with van der Waals surface area (Å²) >= 11 is 1.03. The number of oxime groups is 1. The molecule has 0 aromatic heterocycles. The molecule has 1 aliphatic rings. The highest BCUT2D eigenvalue weighted by molar-refractivity contribution is 8.15. The van der Waals surface area contributed by atoms with Crippen molar-refractivity contribution >= 4 is 28.6 Å². The lowest BCUT2D eigenvalue weighted by Crippen LogP contribution is -2.25. The number of nitrogens with one attached hydrogen (secondary N) is 1. The minimum atomic E-state index is -0.379. The van der Waals surface area contributed by atoms with Crippen molar-refractivity contribution in [2.24, 2.45) is 5.16 Å². The molecule has 1 fully saturated rings. The van der Waals surface area contributed by atoms with Gasteiger partial charge in [-0.15, -0.1) is 0 Å². The van der Waals surface area contributed by atoms with Gasteiger partial charge in [0, 0.05) is 11.6 Å². The average Bonchev–Trinajstić information content (AvgIpc) is 3.24. The molecule has 0 bridgehead atoms. The number of nitrogens with zero attached hydrogens (tertiary/aromatic N) is 1. The van der Waals surface area contributed by atoms with Crippen molar-refractivity contribution < 1.29 is 28.6 Å². The van der Waals surface area contributed by atoms with Gasteiger partial charge in [0.1, 0.15) is 23.9 Å². The van der Waals surface area contributed by atoms with Crippen molar-refractivity contribution in [1.29, 1.82) is 0 Å². The second-order valence-electron chi connectivity index (χ2n) is 8.23. The summed E-state index contributed by atoms with van der Waals surface area (Å²) in [5.74, 6) is 1.94. The fourth-order valence-electron chi connectivity index (χ4n) is 3.78. The molecule has 1 saturated heterocycles. The topological polar surface area (TPSA) is 95.5 Å². The minimum Gasteiger partial charge on any atom is -0.497 e. The molecule has 1 unspecified atom stereocenters. The van der Waals surface area contributed by atoms with Gasteiger partial charge in [-0.2, -0.15) is 0 Å². The molecule has 8 nitrogen and oxygen atoms in total. The molecule has 37 heavy (non-hydrogen) atoms. The predicted octanol–water partition coefficient (Wildman–Crippen LogP) is 5.08. The van der Waals surface area contributed by atoms with E-state index in [1.807, 2.05) is 73.7 Å². The Morgan fingerprint density at radius 2 is 1.65 bits per heavy atom. The Labute approximate surface area is 219 Å². The summed E-state index contributed by atoms with van der Waals surface area (Å²) in [5, 5.41) is 5.83. The maximum atomic E-state index is 11.7. The zero-order valence-corrected chi connectivity index (χ0v) is 21.7. The molecule has 3 aromatic rings. The first-order chi connectivity index (χ1) is 18.0. The van der Waals surface area contributed by atoms with E-state index in [9.17, 15) is 9.59 Å². The third-order valence-corrected chi connectivity index (χ3v) is 6.76. The van der Waals surface area contributed by atoms with Gasteiger partial charge in [-0.05, 0) is 54.3 Å². The second kappa shape index (κ2) is 12.3. The minimum absolute atomic E-state index is 0.239. The van der Waals surface area contributed by atoms with E-state index in [1.54, 1.807) is 14.2 Å². The van der Waals surface area contributed by atoms with Crippen LogP contribution in [0.15, 0.2) is 71.9 Å². The molecule has 1 atom stereocenters. The van der Waals surface area contributed by atoms with E-state index in [-0.39, 0.29) is 16.4 Å². The van der Waals surface area contributed by atoms with Crippen molar-refractivity contribution in [3.8, 4) is 28.4 Å². The Balaban J connectivity index is 1.24. The van der Waals surface area contributed by atoms with E-state index < -0.39 is 0 Å². The Kier molecular flexibility index (Phi) is 8.68. The van der Waals surface area contributed by atoms with E-state index in [4.69, 9.17) is 19.0 Å². The van der Waals surface area contributed by atoms with Crippen LogP contribution in [0.25, 0.3) is 11.1 Å². The molecule has 9 heteroatoms. The summed E-state index contributed by atoms with van der Waals surface area (Å²) in [5.41, 5.74) is 4.66. The van der Waals surface area contributed by atoms with Crippen LogP contribution < -0.4 is 19.5 Å². The normalized spacial score (nSPS) is 15.3. The first-order valence-corrected chi connectivity index (χ1v) is 12.6. The van der Waals surface area contributed by atoms with Gasteiger partial charge in [-0.3, -0.25) is 14.9 Å². The summed E-state index contributed by atoms with van der Waals surface area (Å²) in [6.07, 6.45) is 0.494. The van der Waals surface area contributed by atoms with Crippen LogP contribution >= 0.6 is 11.8 Å². The quantitative estimate of drug-likeness (QED) is 0.214. The summed E-state index contributed by atoms with van der Waals surface area (Å²) < 4.78 is 16.5.